The number of benzene rings is 1. The van der Waals surface area contributed by atoms with E-state index >= 15 is 0 Å². The van der Waals surface area contributed by atoms with Crippen molar-refractivity contribution in [2.75, 3.05) is 25.5 Å². The predicted molar refractivity (Wildman–Crippen MR) is 66.7 cm³/mol. The summed E-state index contributed by atoms with van der Waals surface area (Å²) in [6, 6.07) is 8.57. The first-order chi connectivity index (χ1) is 7.25. The van der Waals surface area contributed by atoms with E-state index in [1.165, 1.54) is 16.8 Å². The molecule has 0 spiro atoms. The van der Waals surface area contributed by atoms with E-state index in [0.29, 0.717) is 0 Å². The van der Waals surface area contributed by atoms with Crippen LogP contribution in [0.3, 0.4) is 0 Å². The third-order valence-electron chi connectivity index (χ3n) is 2.55. The number of anilines is 1. The Morgan fingerprint density at radius 1 is 1.20 bits per heavy atom. The van der Waals surface area contributed by atoms with E-state index in [0.717, 1.165) is 13.0 Å². The van der Waals surface area contributed by atoms with Crippen LogP contribution in [0.4, 0.5) is 5.69 Å². The zero-order valence-electron chi connectivity index (χ0n) is 9.27. The molecule has 2 nitrogen and oxygen atoms in total. The van der Waals surface area contributed by atoms with E-state index in [2.05, 4.69) is 54.3 Å². The van der Waals surface area contributed by atoms with Crippen molar-refractivity contribution in [1.82, 2.24) is 0 Å². The summed E-state index contributed by atoms with van der Waals surface area (Å²) in [5, 5.41) is 0. The van der Waals surface area contributed by atoms with Crippen LogP contribution in [0.5, 0.6) is 0 Å². The zero-order valence-corrected chi connectivity index (χ0v) is 9.27. The lowest BCUT2D eigenvalue weighted by Crippen LogP contribution is -2.07. The molecule has 15 heavy (non-hydrogen) atoms. The minimum atomic E-state index is 0.946. The molecular formula is C13H16N2. The van der Waals surface area contributed by atoms with Gasteiger partial charge in [0.1, 0.15) is 0 Å². The Balaban J connectivity index is 2.17. The maximum Gasteiger partial charge on any atom is 0.0430 e. The Morgan fingerprint density at radius 3 is 2.47 bits per heavy atom. The zero-order chi connectivity index (χ0) is 10.7. The van der Waals surface area contributed by atoms with Gasteiger partial charge in [-0.2, -0.15) is 0 Å². The van der Waals surface area contributed by atoms with Crippen molar-refractivity contribution < 1.29 is 0 Å². The van der Waals surface area contributed by atoms with Gasteiger partial charge in [0.25, 0.3) is 0 Å². The number of hydrogen-bond donors (Lipinski definition) is 0. The Labute approximate surface area is 90.9 Å². The van der Waals surface area contributed by atoms with E-state index in [-0.39, 0.29) is 0 Å². The summed E-state index contributed by atoms with van der Waals surface area (Å²) < 4.78 is 0. The molecule has 2 heteroatoms. The first-order valence-corrected chi connectivity index (χ1v) is 5.23. The fourth-order valence-corrected chi connectivity index (χ4v) is 1.63. The van der Waals surface area contributed by atoms with E-state index < -0.39 is 0 Å². The maximum absolute atomic E-state index is 4.21. The molecule has 1 aromatic rings. The van der Waals surface area contributed by atoms with Gasteiger partial charge < -0.3 is 4.90 Å². The van der Waals surface area contributed by atoms with Crippen LogP contribution in [0.1, 0.15) is 12.0 Å². The molecule has 0 radical (unpaired) electrons. The Hall–Kier alpha value is -1.57. The van der Waals surface area contributed by atoms with Gasteiger partial charge in [0.05, 0.1) is 0 Å². The van der Waals surface area contributed by atoms with Crippen molar-refractivity contribution in [2.24, 2.45) is 4.99 Å². The summed E-state index contributed by atoms with van der Waals surface area (Å²) in [5.74, 6) is 0. The molecule has 78 valence electrons. The van der Waals surface area contributed by atoms with Crippen LogP contribution >= 0.6 is 0 Å². The van der Waals surface area contributed by atoms with E-state index in [1.807, 2.05) is 6.21 Å². The highest BCUT2D eigenvalue weighted by Gasteiger charge is 2.00. The molecule has 0 unspecified atom stereocenters. The van der Waals surface area contributed by atoms with Gasteiger partial charge in [-0.1, -0.05) is 18.2 Å². The SMILES string of the molecule is CN(C)c1ccc(/C=C2/C=NCC2)cc1. The molecule has 0 atom stereocenters. The van der Waals surface area contributed by atoms with Gasteiger partial charge in [0, 0.05) is 32.5 Å². The van der Waals surface area contributed by atoms with Crippen molar-refractivity contribution in [2.45, 2.75) is 6.42 Å². The predicted octanol–water partition coefficient (Wildman–Crippen LogP) is 2.61. The highest BCUT2D eigenvalue weighted by Crippen LogP contribution is 2.16. The van der Waals surface area contributed by atoms with Crippen LogP contribution in [0.15, 0.2) is 34.8 Å². The quantitative estimate of drug-likeness (QED) is 0.716. The Kier molecular flexibility index (Phi) is 2.86. The molecule has 0 saturated heterocycles. The summed E-state index contributed by atoms with van der Waals surface area (Å²) in [7, 11) is 4.11. The average molecular weight is 200 g/mol. The van der Waals surface area contributed by atoms with Crippen LogP contribution in [-0.2, 0) is 0 Å². The number of hydrogen-bond acceptors (Lipinski definition) is 2. The third-order valence-corrected chi connectivity index (χ3v) is 2.55. The topological polar surface area (TPSA) is 15.6 Å². The number of aliphatic imine (C=N–C) groups is 1. The molecule has 1 aromatic carbocycles. The summed E-state index contributed by atoms with van der Waals surface area (Å²) in [4.78, 5) is 6.31. The molecule has 0 fully saturated rings. The lowest BCUT2D eigenvalue weighted by Gasteiger charge is -2.11. The van der Waals surface area contributed by atoms with Crippen LogP contribution in [0.25, 0.3) is 6.08 Å². The van der Waals surface area contributed by atoms with Gasteiger partial charge in [-0.05, 0) is 29.7 Å². The summed E-state index contributed by atoms with van der Waals surface area (Å²) in [6.07, 6.45) is 5.26. The van der Waals surface area contributed by atoms with Crippen molar-refractivity contribution in [3.05, 3.63) is 35.4 Å². The maximum atomic E-state index is 4.21. The number of nitrogens with zero attached hydrogens (tertiary/aromatic N) is 2. The molecule has 1 aliphatic heterocycles. The largest absolute Gasteiger partial charge is 0.378 e. The van der Waals surface area contributed by atoms with Crippen molar-refractivity contribution in [3.63, 3.8) is 0 Å². The molecule has 0 bridgehead atoms. The van der Waals surface area contributed by atoms with Crippen LogP contribution < -0.4 is 4.90 Å². The molecular weight excluding hydrogens is 184 g/mol. The van der Waals surface area contributed by atoms with Crippen molar-refractivity contribution in [1.29, 1.82) is 0 Å². The molecule has 0 aliphatic carbocycles. The lowest BCUT2D eigenvalue weighted by atomic mass is 10.1. The average Bonchev–Trinajstić information content (AvgIpc) is 2.71. The van der Waals surface area contributed by atoms with Gasteiger partial charge in [-0.15, -0.1) is 0 Å². The molecule has 0 saturated carbocycles. The van der Waals surface area contributed by atoms with Gasteiger partial charge in [-0.25, -0.2) is 0 Å². The fraction of sp³-hybridized carbons (Fsp3) is 0.308. The molecule has 1 aliphatic rings. The normalized spacial score (nSPS) is 17.3. The molecule has 2 rings (SSSR count). The third kappa shape index (κ3) is 2.46. The van der Waals surface area contributed by atoms with E-state index in [9.17, 15) is 0 Å². The van der Waals surface area contributed by atoms with Crippen LogP contribution in [-0.4, -0.2) is 26.9 Å². The first kappa shape index (κ1) is 9.97. The van der Waals surface area contributed by atoms with Crippen LogP contribution in [0, 0.1) is 0 Å². The summed E-state index contributed by atoms with van der Waals surface area (Å²) >= 11 is 0. The smallest absolute Gasteiger partial charge is 0.0430 e. The van der Waals surface area contributed by atoms with Crippen LogP contribution in [0.2, 0.25) is 0 Å². The molecule has 1 heterocycles. The Morgan fingerprint density at radius 2 is 1.93 bits per heavy atom. The first-order valence-electron chi connectivity index (χ1n) is 5.23. The highest BCUT2D eigenvalue weighted by atomic mass is 15.1. The molecule has 0 N–H and O–H groups in total. The number of rotatable bonds is 2. The molecule has 0 amide bonds. The second-order valence-electron chi connectivity index (χ2n) is 3.99. The van der Waals surface area contributed by atoms with Gasteiger partial charge in [0.2, 0.25) is 0 Å². The fourth-order valence-electron chi connectivity index (χ4n) is 1.63. The lowest BCUT2D eigenvalue weighted by molar-refractivity contribution is 1.05. The minimum absolute atomic E-state index is 0.946. The van der Waals surface area contributed by atoms with E-state index in [4.69, 9.17) is 0 Å². The summed E-state index contributed by atoms with van der Waals surface area (Å²) in [5.41, 5.74) is 3.81. The van der Waals surface area contributed by atoms with Gasteiger partial charge in [-0.3, -0.25) is 4.99 Å². The van der Waals surface area contributed by atoms with E-state index in [1.54, 1.807) is 0 Å². The van der Waals surface area contributed by atoms with Gasteiger partial charge in [0.15, 0.2) is 0 Å². The minimum Gasteiger partial charge on any atom is -0.378 e. The van der Waals surface area contributed by atoms with Gasteiger partial charge >= 0.3 is 0 Å². The standard InChI is InChI=1S/C13H16N2/c1-15(2)13-5-3-11(4-6-13)9-12-7-8-14-10-12/h3-6,9-10H,7-8H2,1-2H3/b12-9+. The second kappa shape index (κ2) is 4.30. The second-order valence-corrected chi connectivity index (χ2v) is 3.99. The van der Waals surface area contributed by atoms with Crippen molar-refractivity contribution in [3.8, 4) is 0 Å². The Bertz CT molecular complexity index is 386. The van der Waals surface area contributed by atoms with Crippen molar-refractivity contribution >= 4 is 18.0 Å². The monoisotopic (exact) mass is 200 g/mol. The molecule has 0 aromatic heterocycles. The highest BCUT2D eigenvalue weighted by molar-refractivity contribution is 5.87. The summed E-state index contributed by atoms with van der Waals surface area (Å²) in [6.45, 7) is 0.946.